The van der Waals surface area contributed by atoms with E-state index in [9.17, 15) is 19.8 Å². The van der Waals surface area contributed by atoms with Crippen LogP contribution in [0.3, 0.4) is 0 Å². The van der Waals surface area contributed by atoms with Crippen molar-refractivity contribution in [1.29, 1.82) is 5.26 Å². The molecule has 0 spiro atoms. The van der Waals surface area contributed by atoms with E-state index in [4.69, 9.17) is 121 Å². The van der Waals surface area contributed by atoms with Gasteiger partial charge in [0.05, 0.1) is 12.0 Å². The van der Waals surface area contributed by atoms with Gasteiger partial charge >= 0.3 is 31.6 Å². The number of nitrogens with zero attached hydrogens (tertiary/aromatic N) is 3. The minimum atomic E-state index is -3.04. The molecule has 1 radical (unpaired) electrons. The molecule has 7 aromatic carbocycles. The van der Waals surface area contributed by atoms with Crippen molar-refractivity contribution in [2.24, 2.45) is 0 Å². The van der Waals surface area contributed by atoms with Gasteiger partial charge in [0.15, 0.2) is 7.05 Å². The number of nitrogens with two attached hydrogens (primary N) is 1. The van der Waals surface area contributed by atoms with E-state index in [1.807, 2.05) is 119 Å². The van der Waals surface area contributed by atoms with E-state index < -0.39 is 35.3 Å². The van der Waals surface area contributed by atoms with Gasteiger partial charge in [0.1, 0.15) is 57.0 Å². The van der Waals surface area contributed by atoms with E-state index in [1.54, 1.807) is 69.3 Å². The van der Waals surface area contributed by atoms with Crippen molar-refractivity contribution in [1.82, 2.24) is 0 Å². The van der Waals surface area contributed by atoms with E-state index >= 15 is 0 Å². The van der Waals surface area contributed by atoms with Crippen molar-refractivity contribution in [2.75, 3.05) is 12.8 Å². The molecule has 651 valence electrons. The average molecular weight is 1830 g/mol. The molecule has 0 saturated carbocycles. The molecule has 0 aromatic heterocycles. The van der Waals surface area contributed by atoms with Gasteiger partial charge in [0.2, 0.25) is 5.75 Å². The van der Waals surface area contributed by atoms with Crippen LogP contribution in [0, 0.1) is 39.0 Å². The Hall–Kier alpha value is -7.74. The number of nitro groups is 1. The Bertz CT molecular complexity index is 4060. The second kappa shape index (κ2) is 58.3. The summed E-state index contributed by atoms with van der Waals surface area (Å²) in [6, 6.07) is 55.4. The summed E-state index contributed by atoms with van der Waals surface area (Å²) in [5, 5.41) is 64.0. The van der Waals surface area contributed by atoms with E-state index in [0.29, 0.717) is 35.8 Å². The van der Waals surface area contributed by atoms with Gasteiger partial charge in [0, 0.05) is 72.0 Å². The maximum atomic E-state index is 11.2. The average Bonchev–Trinajstić information content (AvgIpc) is 0.779. The molecule has 0 fully saturated rings. The van der Waals surface area contributed by atoms with Crippen molar-refractivity contribution < 1.29 is 122 Å². The third-order valence-corrected chi connectivity index (χ3v) is 16.0. The Morgan fingerprint density at radius 1 is 0.644 bits per heavy atom. The van der Waals surface area contributed by atoms with Gasteiger partial charge in [-0.2, -0.15) is 6.92 Å². The first kappa shape index (κ1) is 119. The number of phenols is 2. The third-order valence-electron chi connectivity index (χ3n) is 15.9. The smallest absolute Gasteiger partial charge is 0.565 e. The predicted molar refractivity (Wildman–Crippen MR) is 470 cm³/mol. The maximum Gasteiger partial charge on any atom is 0.643 e. The van der Waals surface area contributed by atoms with Crippen molar-refractivity contribution in [3.8, 4) is 40.2 Å². The molecule has 11 rings (SSSR count). The maximum absolute atomic E-state index is 11.2. The van der Waals surface area contributed by atoms with E-state index in [-0.39, 0.29) is 95.7 Å². The number of phenolic OH excluding ortho intramolecular Hbond substituents is 2. The Morgan fingerprint density at radius 3 is 1.28 bits per heavy atom. The van der Waals surface area contributed by atoms with Crippen LogP contribution in [0.2, 0.25) is 0 Å². The number of benzene rings is 7. The molecule has 1 atom stereocenters. The predicted octanol–water partition coefficient (Wildman–Crippen LogP) is 22.3. The molecule has 4 aliphatic rings. The number of nitrogen functional groups attached to an aromatic ring is 1. The van der Waals surface area contributed by atoms with Crippen LogP contribution in [0.5, 0.6) is 40.2 Å². The van der Waals surface area contributed by atoms with Gasteiger partial charge in [-0.3, -0.25) is 19.7 Å². The largest absolute Gasteiger partial charge is 0.643 e. The van der Waals surface area contributed by atoms with E-state index in [0.717, 1.165) is 65.9 Å². The Morgan fingerprint density at radius 2 is 0.949 bits per heavy atom. The zero-order valence-corrected chi connectivity index (χ0v) is 79.9. The summed E-state index contributed by atoms with van der Waals surface area (Å²) in [5.74, 6) is 4.74. The number of aliphatic hydroxyl groups is 1. The molecule has 0 saturated heterocycles. The minimum Gasteiger partial charge on any atom is -0.565 e. The second-order valence-corrected chi connectivity index (χ2v) is 38.8. The number of ether oxygens (including phenoxy) is 5. The number of halogens is 4. The first-order chi connectivity index (χ1) is 53.9. The number of para-hydroxylation sites is 6. The SMILES string of the molecule is C=C.CC(C)(O)CC(C)(C)c1ccccc1O.CC(C)=CC(=O)Oc1ccccc1.CC1(C)CC(=O)Oc2ccccc21.CC1(C)CC(C)(C)c2cc(N)ccc2O1.CC1(C)CC(C)(C)c2ccccc2O1.CC1(C)CC(C)(C)c2ccccc2O1.C[N+](=O)[O-].O=CCl.O=[N+]([O-])O.O=[P+]([O-])OO.Oc1ccccc1.[C-]#N.[CH2-]C.[Cl][Al]([Cl])[Cl].[HH].[Y]. The number of fused-ring (bicyclic) bond motifs is 4. The standard InChI is InChI=1S/C13H19NO.C13H20O2.2C13H18O.2C11H12O2.C6H6O.C2H5.C2H4.CHClO.CH3NO2.CN.Al.3ClH.HNO3.HO4P.Y.H2/c1-12(2)8-13(3,4)15-11-6-5-9(14)7-10(11)12;1-12(2,9-13(3,4)15)10-7-5-6-8-11(10)14;2*1-12(2)9-13(3,4)14-11-8-6-5-7-10(11)12;1-11(2)7-10(12)13-9-6-4-3-5-8(9)11;1-9(2)8-11(12)13-10-6-4-3-5-7-10;7-6-4-2-1-3-5-6;2*1-2;2-1-3;1-2(3)4;1-2;;;;;2-1(3)4;1-4-5(2)3;;/h5-7H,8,14H2,1-4H3;5-8,14-15H,9H2,1-4H3;2*5-8H,9H2,1-4H3;3-6H,7H2,1-2H3;3-8H,1-2H3;1-5,7H;1H2,2H3;1-2H2;1H;1H3;;;3*1H;(H,2,3,4);1H;;1H/q;;;;;;;-1;;;;-1;+3;;;;;;;/p-3. The van der Waals surface area contributed by atoms with Gasteiger partial charge in [-0.25, -0.2) is 40.2 Å². The number of carbonyl (C=O) groups excluding carboxylic acids is 3. The molecule has 4 heterocycles. The van der Waals surface area contributed by atoms with E-state index in [2.05, 4.69) is 170 Å². The topological polar surface area (TPSA) is 384 Å². The van der Waals surface area contributed by atoms with Crippen molar-refractivity contribution >= 4 is 84.8 Å². The van der Waals surface area contributed by atoms with Crippen molar-refractivity contribution in [3.63, 3.8) is 0 Å². The fourth-order valence-electron chi connectivity index (χ4n) is 13.1. The van der Waals surface area contributed by atoms with Crippen LogP contribution in [-0.4, -0.2) is 94.3 Å². The normalized spacial score (nSPS) is 14.6. The fraction of sp³-hybridized carbons (Fsp3) is 0.414. The number of aromatic hydroxyl groups is 2. The summed E-state index contributed by atoms with van der Waals surface area (Å²) >= 11 is 2.60. The zero-order valence-electron chi connectivity index (χ0n) is 71.9. The van der Waals surface area contributed by atoms with Gasteiger partial charge < -0.3 is 73.6 Å². The number of allylic oxidation sites excluding steroid dienone is 1. The molecule has 0 aliphatic carbocycles. The number of carbonyl (C=O) groups is 3. The number of esters is 2. The number of anilines is 1. The van der Waals surface area contributed by atoms with Crippen molar-refractivity contribution in [3.05, 3.63) is 262 Å². The molecule has 4 aliphatic heterocycles. The molecule has 118 heavy (non-hydrogen) atoms. The number of hydrogen-bond donors (Lipinski definition) is 6. The van der Waals surface area contributed by atoms with Crippen molar-refractivity contribution in [2.45, 2.75) is 227 Å². The van der Waals surface area contributed by atoms with Gasteiger partial charge in [-0.1, -0.05) is 184 Å². The van der Waals surface area contributed by atoms with E-state index in [1.165, 1.54) is 22.8 Å². The molecular weight excluding hydrogens is 1710 g/mol. The monoisotopic (exact) mass is 1830 g/mol. The first-order valence-corrected chi connectivity index (χ1v) is 43.1. The minimum absolute atomic E-state index is 0. The summed E-state index contributed by atoms with van der Waals surface area (Å²) in [6.45, 7) is 57.7. The molecule has 24 nitrogen and oxygen atoms in total. The van der Waals surface area contributed by atoms with Crippen LogP contribution in [0.25, 0.3) is 0 Å². The third kappa shape index (κ3) is 53.0. The molecule has 1 unspecified atom stereocenters. The summed E-state index contributed by atoms with van der Waals surface area (Å²) in [4.78, 5) is 56.5. The van der Waals surface area contributed by atoms with Crippen LogP contribution >= 0.6 is 50.0 Å². The Kier molecular flexibility index (Phi) is 58.6. The summed E-state index contributed by atoms with van der Waals surface area (Å²) in [7, 11) is 12.7. The van der Waals surface area contributed by atoms with Crippen LogP contribution in [0.4, 0.5) is 5.69 Å². The summed E-state index contributed by atoms with van der Waals surface area (Å²) in [5.41, 5.74) is 12.8. The number of rotatable bonds is 6. The number of hydrogen-bond acceptors (Lipinski definition) is 21. The zero-order chi connectivity index (χ0) is 91.7. The molecule has 0 bridgehead atoms. The summed E-state index contributed by atoms with van der Waals surface area (Å²) < 4.78 is 39.6. The second-order valence-electron chi connectivity index (χ2n) is 31.5. The Balaban J connectivity index is -0.000000299. The van der Waals surface area contributed by atoms with Gasteiger partial charge in [0.25, 0.3) is 5.09 Å². The Labute approximate surface area is 748 Å². The van der Waals surface area contributed by atoms with Crippen LogP contribution < -0.4 is 34.3 Å². The summed E-state index contributed by atoms with van der Waals surface area (Å²) in [6.07, 6.45) is 5.68. The van der Waals surface area contributed by atoms with Crippen LogP contribution in [-0.2, 0) is 83.4 Å². The quantitative estimate of drug-likeness (QED) is 0.00719. The molecular formula is C87H122AlCl4N4O20PY-2. The first-order valence-electron chi connectivity index (χ1n) is 36.3. The van der Waals surface area contributed by atoms with Gasteiger partial charge in [-0.15, -0.1) is 23.3 Å². The van der Waals surface area contributed by atoms with Crippen LogP contribution in [0.15, 0.2) is 201 Å². The molecule has 0 amide bonds. The molecule has 7 N–H and O–H groups in total. The fourth-order valence-corrected chi connectivity index (χ4v) is 13.1. The van der Waals surface area contributed by atoms with Crippen LogP contribution in [0.1, 0.15) is 207 Å². The molecule has 7 aromatic rings. The van der Waals surface area contributed by atoms with Gasteiger partial charge in [-0.05, 0) is 216 Å². The molecule has 31 heteroatoms.